The van der Waals surface area contributed by atoms with E-state index in [1.807, 2.05) is 13.8 Å². The summed E-state index contributed by atoms with van der Waals surface area (Å²) >= 11 is 0. The fourth-order valence-electron chi connectivity index (χ4n) is 1.14. The van der Waals surface area contributed by atoms with E-state index >= 15 is 0 Å². The van der Waals surface area contributed by atoms with E-state index in [1.54, 1.807) is 13.1 Å². The standard InChI is InChI=1S/C10H20N4O/c1-4-14-15-9(3)5-10(13-7-12)8(2)6-11/h4,6-7,9-10H,5,11H2,1-3H3,(H2,12,13)/b8-6+,14-4+. The molecule has 0 aliphatic carbocycles. The minimum atomic E-state index is -0.0199. The van der Waals surface area contributed by atoms with Crippen LogP contribution in [0.15, 0.2) is 16.9 Å². The second-order valence-corrected chi connectivity index (χ2v) is 3.29. The first kappa shape index (κ1) is 13.5. The number of hydrogen-bond donors (Lipinski definition) is 3. The number of nitrogens with one attached hydrogen (secondary N) is 2. The van der Waals surface area contributed by atoms with Gasteiger partial charge in [0.05, 0.1) is 12.4 Å². The number of nitrogens with zero attached hydrogens (tertiary/aromatic N) is 1. The lowest BCUT2D eigenvalue weighted by atomic mass is 10.0. The zero-order valence-corrected chi connectivity index (χ0v) is 9.53. The van der Waals surface area contributed by atoms with Crippen molar-refractivity contribution in [2.24, 2.45) is 10.9 Å². The first-order valence-electron chi connectivity index (χ1n) is 4.92. The Morgan fingerprint density at radius 1 is 1.67 bits per heavy atom. The minimum Gasteiger partial charge on any atom is -0.405 e. The van der Waals surface area contributed by atoms with Crippen molar-refractivity contribution in [3.63, 3.8) is 0 Å². The molecule has 15 heavy (non-hydrogen) atoms. The molecule has 5 nitrogen and oxygen atoms in total. The molecule has 0 aromatic rings. The van der Waals surface area contributed by atoms with E-state index in [9.17, 15) is 0 Å². The SMILES string of the molecule is C/C=N/OC(C)CC(NC=N)/C(C)=C/N. The van der Waals surface area contributed by atoms with Crippen LogP contribution in [-0.2, 0) is 4.84 Å². The molecule has 2 unspecified atom stereocenters. The fourth-order valence-corrected chi connectivity index (χ4v) is 1.14. The normalized spacial score (nSPS) is 16.1. The fraction of sp³-hybridized carbons (Fsp3) is 0.600. The average molecular weight is 212 g/mol. The summed E-state index contributed by atoms with van der Waals surface area (Å²) in [5, 5.41) is 13.6. The summed E-state index contributed by atoms with van der Waals surface area (Å²) in [7, 11) is 0. The van der Waals surface area contributed by atoms with Gasteiger partial charge in [-0.3, -0.25) is 5.41 Å². The van der Waals surface area contributed by atoms with Crippen LogP contribution >= 0.6 is 0 Å². The average Bonchev–Trinajstić information content (AvgIpc) is 2.24. The van der Waals surface area contributed by atoms with E-state index < -0.39 is 0 Å². The van der Waals surface area contributed by atoms with Gasteiger partial charge in [0, 0.05) is 12.6 Å². The van der Waals surface area contributed by atoms with Crippen LogP contribution in [0.5, 0.6) is 0 Å². The summed E-state index contributed by atoms with van der Waals surface area (Å²) in [5.74, 6) is 0. The molecule has 2 atom stereocenters. The molecule has 0 fully saturated rings. The lowest BCUT2D eigenvalue weighted by Crippen LogP contribution is -2.32. The Morgan fingerprint density at radius 2 is 2.33 bits per heavy atom. The molecule has 86 valence electrons. The molecule has 0 saturated heterocycles. The minimum absolute atomic E-state index is 0.0199. The molecule has 0 aliphatic rings. The Labute approximate surface area is 90.9 Å². The predicted octanol–water partition coefficient (Wildman–Crippen LogP) is 1.22. The van der Waals surface area contributed by atoms with Gasteiger partial charge < -0.3 is 15.9 Å². The number of hydrogen-bond acceptors (Lipinski definition) is 4. The van der Waals surface area contributed by atoms with Crippen molar-refractivity contribution in [3.05, 3.63) is 11.8 Å². The lowest BCUT2D eigenvalue weighted by molar-refractivity contribution is 0.0635. The molecule has 5 heteroatoms. The van der Waals surface area contributed by atoms with Crippen LogP contribution in [0.1, 0.15) is 27.2 Å². The smallest absolute Gasteiger partial charge is 0.127 e. The van der Waals surface area contributed by atoms with Gasteiger partial charge in [-0.15, -0.1) is 0 Å². The van der Waals surface area contributed by atoms with Gasteiger partial charge in [0.2, 0.25) is 0 Å². The molecule has 0 amide bonds. The van der Waals surface area contributed by atoms with Gasteiger partial charge in [-0.1, -0.05) is 5.16 Å². The van der Waals surface area contributed by atoms with E-state index in [0.29, 0.717) is 6.42 Å². The molecule has 0 aromatic carbocycles. The maximum Gasteiger partial charge on any atom is 0.127 e. The highest BCUT2D eigenvalue weighted by molar-refractivity contribution is 5.52. The van der Waals surface area contributed by atoms with Gasteiger partial charge in [-0.2, -0.15) is 0 Å². The van der Waals surface area contributed by atoms with E-state index in [1.165, 1.54) is 6.20 Å². The maximum atomic E-state index is 7.01. The summed E-state index contributed by atoms with van der Waals surface area (Å²) in [6.45, 7) is 5.64. The Bertz CT molecular complexity index is 238. The van der Waals surface area contributed by atoms with Crippen molar-refractivity contribution in [2.75, 3.05) is 0 Å². The number of nitrogens with two attached hydrogens (primary N) is 1. The molecule has 0 heterocycles. The second-order valence-electron chi connectivity index (χ2n) is 3.29. The van der Waals surface area contributed by atoms with Gasteiger partial charge in [0.15, 0.2) is 0 Å². The summed E-state index contributed by atoms with van der Waals surface area (Å²) in [4.78, 5) is 5.15. The highest BCUT2D eigenvalue weighted by Crippen LogP contribution is 2.09. The van der Waals surface area contributed by atoms with Crippen molar-refractivity contribution >= 4 is 12.6 Å². The summed E-state index contributed by atoms with van der Waals surface area (Å²) in [5.41, 5.74) is 6.41. The topological polar surface area (TPSA) is 83.5 Å². The molecule has 0 radical (unpaired) electrons. The highest BCUT2D eigenvalue weighted by atomic mass is 16.6. The Morgan fingerprint density at radius 3 is 2.80 bits per heavy atom. The molecule has 4 N–H and O–H groups in total. The molecule has 0 spiro atoms. The molecule has 0 rings (SSSR count). The second kappa shape index (κ2) is 7.84. The molecule has 0 aliphatic heterocycles. The monoisotopic (exact) mass is 212 g/mol. The van der Waals surface area contributed by atoms with E-state index in [2.05, 4.69) is 10.5 Å². The van der Waals surface area contributed by atoms with Gasteiger partial charge in [-0.05, 0) is 32.5 Å². The van der Waals surface area contributed by atoms with E-state index in [-0.39, 0.29) is 12.1 Å². The van der Waals surface area contributed by atoms with E-state index in [4.69, 9.17) is 16.0 Å². The molecule has 0 saturated carbocycles. The largest absolute Gasteiger partial charge is 0.405 e. The third-order valence-corrected chi connectivity index (χ3v) is 2.01. The highest BCUT2D eigenvalue weighted by Gasteiger charge is 2.14. The predicted molar refractivity (Wildman–Crippen MR) is 63.0 cm³/mol. The molecule has 0 aromatic heterocycles. The number of rotatable bonds is 7. The Hall–Kier alpha value is -1.52. The van der Waals surface area contributed by atoms with Gasteiger partial charge in [-0.25, -0.2) is 0 Å². The van der Waals surface area contributed by atoms with Crippen LogP contribution in [0.25, 0.3) is 0 Å². The summed E-state index contributed by atoms with van der Waals surface area (Å²) in [6.07, 6.45) is 4.99. The first-order chi connectivity index (χ1) is 7.15. The zero-order valence-electron chi connectivity index (χ0n) is 9.53. The van der Waals surface area contributed by atoms with Crippen LogP contribution in [0.3, 0.4) is 0 Å². The molecular formula is C10H20N4O. The lowest BCUT2D eigenvalue weighted by Gasteiger charge is -2.20. The van der Waals surface area contributed by atoms with Crippen molar-refractivity contribution < 1.29 is 4.84 Å². The van der Waals surface area contributed by atoms with Crippen LogP contribution in [0.2, 0.25) is 0 Å². The Kier molecular flexibility index (Phi) is 7.05. The van der Waals surface area contributed by atoms with Crippen LogP contribution in [0.4, 0.5) is 0 Å². The van der Waals surface area contributed by atoms with Gasteiger partial charge in [0.1, 0.15) is 6.10 Å². The van der Waals surface area contributed by atoms with Crippen molar-refractivity contribution in [1.82, 2.24) is 5.32 Å². The zero-order chi connectivity index (χ0) is 11.7. The van der Waals surface area contributed by atoms with Gasteiger partial charge >= 0.3 is 0 Å². The van der Waals surface area contributed by atoms with Crippen molar-refractivity contribution in [3.8, 4) is 0 Å². The third-order valence-electron chi connectivity index (χ3n) is 2.01. The summed E-state index contributed by atoms with van der Waals surface area (Å²) in [6, 6.07) is 0.0227. The Balaban J connectivity index is 4.21. The summed E-state index contributed by atoms with van der Waals surface area (Å²) < 4.78 is 0. The first-order valence-corrected chi connectivity index (χ1v) is 4.92. The van der Waals surface area contributed by atoms with Crippen LogP contribution in [-0.4, -0.2) is 24.7 Å². The molecular weight excluding hydrogens is 192 g/mol. The van der Waals surface area contributed by atoms with Gasteiger partial charge in [0.25, 0.3) is 0 Å². The van der Waals surface area contributed by atoms with Crippen LogP contribution in [0, 0.1) is 5.41 Å². The number of oxime groups is 1. The third kappa shape index (κ3) is 5.72. The van der Waals surface area contributed by atoms with E-state index in [0.717, 1.165) is 11.9 Å². The quantitative estimate of drug-likeness (QED) is 0.337. The van der Waals surface area contributed by atoms with Crippen molar-refractivity contribution in [2.45, 2.75) is 39.3 Å². The molecule has 0 bridgehead atoms. The van der Waals surface area contributed by atoms with Crippen molar-refractivity contribution in [1.29, 1.82) is 5.41 Å². The maximum absolute atomic E-state index is 7.01. The van der Waals surface area contributed by atoms with Crippen LogP contribution < -0.4 is 11.1 Å².